The Bertz CT molecular complexity index is 920. The number of aryl methyl sites for hydroxylation is 1. The first kappa shape index (κ1) is 21.0. The summed E-state index contributed by atoms with van der Waals surface area (Å²) in [6, 6.07) is 4.62. The second-order valence-corrected chi connectivity index (χ2v) is 8.45. The van der Waals surface area contributed by atoms with Crippen molar-refractivity contribution in [3.8, 4) is 0 Å². The number of anilines is 1. The summed E-state index contributed by atoms with van der Waals surface area (Å²) in [7, 11) is 0. The number of halogens is 2. The zero-order chi connectivity index (χ0) is 21.1. The summed E-state index contributed by atoms with van der Waals surface area (Å²) in [6.45, 7) is 3.34. The summed E-state index contributed by atoms with van der Waals surface area (Å²) in [4.78, 5) is 22.0. The van der Waals surface area contributed by atoms with Crippen LogP contribution < -0.4 is 10.6 Å². The van der Waals surface area contributed by atoms with Gasteiger partial charge in [0.1, 0.15) is 5.82 Å². The van der Waals surface area contributed by atoms with Crippen LogP contribution >= 0.6 is 11.6 Å². The fraction of sp³-hybridized carbons (Fsp3) is 0.500. The van der Waals surface area contributed by atoms with E-state index in [1.807, 2.05) is 13.1 Å². The summed E-state index contributed by atoms with van der Waals surface area (Å²) >= 11 is 5.75. The quantitative estimate of drug-likeness (QED) is 0.750. The molecule has 1 saturated heterocycles. The topological polar surface area (TPSA) is 76.1 Å². The molecule has 2 heterocycles. The van der Waals surface area contributed by atoms with Crippen molar-refractivity contribution in [3.63, 3.8) is 0 Å². The fourth-order valence-corrected chi connectivity index (χ4v) is 4.12. The number of nitrogens with zero attached hydrogens (tertiary/aromatic N) is 2. The number of carbonyl (C=O) groups excluding carboxylic acids is 1. The number of amides is 1. The van der Waals surface area contributed by atoms with E-state index in [4.69, 9.17) is 21.3 Å². The van der Waals surface area contributed by atoms with E-state index in [1.54, 1.807) is 6.07 Å². The molecular weight excluding hydrogens is 407 g/mol. The van der Waals surface area contributed by atoms with Crippen molar-refractivity contribution in [2.75, 3.05) is 18.5 Å². The van der Waals surface area contributed by atoms with Gasteiger partial charge in [0.2, 0.25) is 11.9 Å². The second kappa shape index (κ2) is 9.27. The van der Waals surface area contributed by atoms with Gasteiger partial charge in [0.05, 0.1) is 11.1 Å². The third-order valence-electron chi connectivity index (χ3n) is 5.88. The lowest BCUT2D eigenvalue weighted by atomic mass is 9.86. The average molecular weight is 433 g/mol. The number of hydrogen-bond acceptors (Lipinski definition) is 5. The maximum Gasteiger partial charge on any atom is 0.223 e. The minimum absolute atomic E-state index is 0.0407. The predicted octanol–water partition coefficient (Wildman–Crippen LogP) is 3.84. The van der Waals surface area contributed by atoms with E-state index in [9.17, 15) is 9.18 Å². The minimum Gasteiger partial charge on any atom is -0.381 e. The van der Waals surface area contributed by atoms with E-state index in [-0.39, 0.29) is 22.9 Å². The van der Waals surface area contributed by atoms with E-state index < -0.39 is 5.82 Å². The first-order valence-electron chi connectivity index (χ1n) is 10.4. The first-order valence-corrected chi connectivity index (χ1v) is 10.8. The number of aromatic nitrogens is 2. The molecule has 0 spiro atoms. The van der Waals surface area contributed by atoms with Gasteiger partial charge in [-0.25, -0.2) is 14.4 Å². The molecule has 2 aromatic rings. The molecule has 160 valence electrons. The molecule has 4 rings (SSSR count). The zero-order valence-corrected chi connectivity index (χ0v) is 17.7. The normalized spacial score (nSPS) is 20.3. The lowest BCUT2D eigenvalue weighted by Gasteiger charge is -2.26. The second-order valence-electron chi connectivity index (χ2n) is 8.04. The highest BCUT2D eigenvalue weighted by Gasteiger charge is 2.27. The van der Waals surface area contributed by atoms with Gasteiger partial charge in [0.25, 0.3) is 0 Å². The molecule has 1 aliphatic carbocycles. The molecule has 0 bridgehead atoms. The Labute approximate surface area is 180 Å². The van der Waals surface area contributed by atoms with Gasteiger partial charge in [-0.15, -0.1) is 0 Å². The van der Waals surface area contributed by atoms with Crippen LogP contribution in [-0.2, 0) is 22.4 Å². The number of carbonyl (C=O) groups is 1. The lowest BCUT2D eigenvalue weighted by Crippen LogP contribution is -2.36. The Morgan fingerprint density at radius 2 is 2.10 bits per heavy atom. The predicted molar refractivity (Wildman–Crippen MR) is 113 cm³/mol. The largest absolute Gasteiger partial charge is 0.381 e. The van der Waals surface area contributed by atoms with Gasteiger partial charge in [-0.1, -0.05) is 17.7 Å². The molecule has 30 heavy (non-hydrogen) atoms. The van der Waals surface area contributed by atoms with Crippen LogP contribution in [0.2, 0.25) is 5.02 Å². The smallest absolute Gasteiger partial charge is 0.223 e. The lowest BCUT2D eigenvalue weighted by molar-refractivity contribution is -0.126. The molecule has 2 aliphatic rings. The summed E-state index contributed by atoms with van der Waals surface area (Å²) in [5, 5.41) is 6.47. The molecule has 2 N–H and O–H groups in total. The molecule has 8 heteroatoms. The van der Waals surface area contributed by atoms with Gasteiger partial charge >= 0.3 is 0 Å². The van der Waals surface area contributed by atoms with Gasteiger partial charge < -0.3 is 15.4 Å². The molecule has 1 aromatic heterocycles. The molecule has 1 aromatic carbocycles. The number of rotatable bonds is 5. The van der Waals surface area contributed by atoms with Crippen LogP contribution in [0.1, 0.15) is 49.0 Å². The Morgan fingerprint density at radius 1 is 1.30 bits per heavy atom. The third-order valence-corrected chi connectivity index (χ3v) is 6.19. The fourth-order valence-electron chi connectivity index (χ4n) is 4.01. The third kappa shape index (κ3) is 4.90. The van der Waals surface area contributed by atoms with Crippen LogP contribution in [0.15, 0.2) is 24.4 Å². The highest BCUT2D eigenvalue weighted by molar-refractivity contribution is 6.30. The molecular formula is C22H26ClFN4O2. The van der Waals surface area contributed by atoms with Gasteiger partial charge in [-0.3, -0.25) is 4.79 Å². The van der Waals surface area contributed by atoms with Gasteiger partial charge in [0.15, 0.2) is 0 Å². The number of fused-ring (bicyclic) bond motifs is 1. The number of ether oxygens (including phenoxy) is 1. The van der Waals surface area contributed by atoms with Crippen molar-refractivity contribution in [3.05, 3.63) is 52.1 Å². The van der Waals surface area contributed by atoms with E-state index in [0.29, 0.717) is 24.0 Å². The Kier molecular flexibility index (Phi) is 6.49. The van der Waals surface area contributed by atoms with Crippen LogP contribution in [-0.4, -0.2) is 35.1 Å². The summed E-state index contributed by atoms with van der Waals surface area (Å²) in [5.74, 6) is -0.0705. The van der Waals surface area contributed by atoms with Crippen molar-refractivity contribution >= 4 is 23.5 Å². The molecule has 0 radical (unpaired) electrons. The van der Waals surface area contributed by atoms with Crippen LogP contribution in [0.25, 0.3) is 0 Å². The molecule has 2 atom stereocenters. The van der Waals surface area contributed by atoms with Gasteiger partial charge in [-0.05, 0) is 55.9 Å². The number of nitrogens with one attached hydrogen (secondary N) is 2. The Balaban J connectivity index is 1.39. The van der Waals surface area contributed by atoms with Crippen LogP contribution in [0.4, 0.5) is 10.3 Å². The molecule has 1 aliphatic heterocycles. The molecule has 6 nitrogen and oxygen atoms in total. The monoisotopic (exact) mass is 432 g/mol. The van der Waals surface area contributed by atoms with E-state index >= 15 is 0 Å². The van der Waals surface area contributed by atoms with Gasteiger partial charge in [-0.2, -0.15) is 0 Å². The highest BCUT2D eigenvalue weighted by Crippen LogP contribution is 2.27. The van der Waals surface area contributed by atoms with Crippen molar-refractivity contribution in [2.45, 2.75) is 51.1 Å². The maximum absolute atomic E-state index is 13.7. The first-order chi connectivity index (χ1) is 14.5. The summed E-state index contributed by atoms with van der Waals surface area (Å²) in [5.41, 5.74) is 2.72. The summed E-state index contributed by atoms with van der Waals surface area (Å²) in [6.07, 6.45) is 5.85. The van der Waals surface area contributed by atoms with Crippen LogP contribution in [0, 0.1) is 11.7 Å². The molecule has 0 saturated carbocycles. The minimum atomic E-state index is -0.483. The Hall–Kier alpha value is -2.25. The van der Waals surface area contributed by atoms with Crippen molar-refractivity contribution < 1.29 is 13.9 Å². The maximum atomic E-state index is 13.7. The van der Waals surface area contributed by atoms with E-state index in [1.165, 1.54) is 12.1 Å². The molecule has 1 amide bonds. The van der Waals surface area contributed by atoms with Crippen molar-refractivity contribution in [1.82, 2.24) is 15.3 Å². The highest BCUT2D eigenvalue weighted by atomic mass is 35.5. The summed E-state index contributed by atoms with van der Waals surface area (Å²) < 4.78 is 19.1. The standard InChI is InChI=1S/C22H26ClFN4O2/c1-13(14-4-5-18(23)19(24)10-14)26-21(29)15-2-3-16-12-25-22(28-20(16)11-15)27-17-6-8-30-9-7-17/h4-5,10,12-13,15,17H,2-3,6-9,11H2,1H3,(H,26,29)(H,25,27,28). The van der Waals surface area contributed by atoms with E-state index in [2.05, 4.69) is 15.6 Å². The zero-order valence-electron chi connectivity index (χ0n) is 17.0. The van der Waals surface area contributed by atoms with Crippen LogP contribution in [0.3, 0.4) is 0 Å². The Morgan fingerprint density at radius 3 is 2.87 bits per heavy atom. The number of benzene rings is 1. The average Bonchev–Trinajstić information content (AvgIpc) is 2.75. The van der Waals surface area contributed by atoms with Crippen molar-refractivity contribution in [1.29, 1.82) is 0 Å². The SMILES string of the molecule is CC(NC(=O)C1CCc2cnc(NC3CCOCC3)nc2C1)c1ccc(Cl)c(F)c1. The van der Waals surface area contributed by atoms with E-state index in [0.717, 1.165) is 50.2 Å². The van der Waals surface area contributed by atoms with Crippen LogP contribution in [0.5, 0.6) is 0 Å². The number of hydrogen-bond donors (Lipinski definition) is 2. The van der Waals surface area contributed by atoms with Gasteiger partial charge in [0, 0.05) is 43.5 Å². The molecule has 1 fully saturated rings. The van der Waals surface area contributed by atoms with Crippen molar-refractivity contribution in [2.24, 2.45) is 5.92 Å². The molecule has 2 unspecified atom stereocenters.